The third-order valence-electron chi connectivity index (χ3n) is 7.08. The fourth-order valence-electron chi connectivity index (χ4n) is 4.99. The van der Waals surface area contributed by atoms with Crippen LogP contribution in [0.1, 0.15) is 66.4 Å². The SMILES string of the molecule is Cc1ccc(C(=O)Nc2cc(C(=O)N[C@H](C)CC(=N)C(=O)OC(C)(C)C)ccc2N2CCN(c3ccccc3C)CC2)o1. The molecule has 3 aromatic rings. The highest BCUT2D eigenvalue weighted by atomic mass is 16.6. The predicted octanol–water partition coefficient (Wildman–Crippen LogP) is 5.35. The van der Waals surface area contributed by atoms with Crippen molar-refractivity contribution in [2.24, 2.45) is 0 Å². The van der Waals surface area contributed by atoms with Gasteiger partial charge in [-0.05, 0) is 83.5 Å². The molecule has 43 heavy (non-hydrogen) atoms. The van der Waals surface area contributed by atoms with E-state index in [1.54, 1.807) is 58.9 Å². The molecule has 0 aliphatic carbocycles. The number of hydrogen-bond donors (Lipinski definition) is 3. The van der Waals surface area contributed by atoms with E-state index < -0.39 is 23.5 Å². The van der Waals surface area contributed by atoms with E-state index in [9.17, 15) is 14.4 Å². The van der Waals surface area contributed by atoms with Crippen LogP contribution in [0, 0.1) is 19.3 Å². The fourth-order valence-corrected chi connectivity index (χ4v) is 4.99. The molecular weight excluding hydrogens is 546 g/mol. The number of ether oxygens (including phenoxy) is 1. The summed E-state index contributed by atoms with van der Waals surface area (Å²) in [4.78, 5) is 43.1. The third kappa shape index (κ3) is 8.24. The number of aryl methyl sites for hydroxylation is 2. The van der Waals surface area contributed by atoms with Crippen molar-refractivity contribution in [1.82, 2.24) is 5.32 Å². The molecule has 1 aliphatic heterocycles. The molecule has 0 spiro atoms. The quantitative estimate of drug-likeness (QED) is 0.228. The van der Waals surface area contributed by atoms with Gasteiger partial charge in [-0.15, -0.1) is 0 Å². The van der Waals surface area contributed by atoms with Crippen molar-refractivity contribution in [1.29, 1.82) is 5.41 Å². The summed E-state index contributed by atoms with van der Waals surface area (Å²) in [5.74, 6) is -0.707. The Balaban J connectivity index is 1.50. The number of nitrogens with zero attached hydrogens (tertiary/aromatic N) is 2. The lowest BCUT2D eigenvalue weighted by atomic mass is 10.1. The Morgan fingerprint density at radius 2 is 1.58 bits per heavy atom. The van der Waals surface area contributed by atoms with Crippen molar-refractivity contribution < 1.29 is 23.5 Å². The van der Waals surface area contributed by atoms with Crippen LogP contribution in [0.3, 0.4) is 0 Å². The minimum absolute atomic E-state index is 0.0192. The molecule has 2 amide bonds. The average Bonchev–Trinajstić information content (AvgIpc) is 3.39. The Kier molecular flexibility index (Phi) is 9.58. The van der Waals surface area contributed by atoms with Crippen molar-refractivity contribution in [2.75, 3.05) is 41.3 Å². The number of amides is 2. The highest BCUT2D eigenvalue weighted by molar-refractivity contribution is 6.35. The number of esters is 1. The molecular formula is C33H41N5O5. The van der Waals surface area contributed by atoms with Gasteiger partial charge in [0.15, 0.2) is 5.76 Å². The average molecular weight is 588 g/mol. The van der Waals surface area contributed by atoms with Crippen molar-refractivity contribution in [2.45, 2.75) is 59.6 Å². The Labute approximate surface area is 252 Å². The van der Waals surface area contributed by atoms with Gasteiger partial charge in [-0.1, -0.05) is 18.2 Å². The van der Waals surface area contributed by atoms with E-state index in [1.807, 2.05) is 18.2 Å². The third-order valence-corrected chi connectivity index (χ3v) is 7.08. The predicted molar refractivity (Wildman–Crippen MR) is 169 cm³/mol. The van der Waals surface area contributed by atoms with Gasteiger partial charge in [-0.3, -0.25) is 15.0 Å². The lowest BCUT2D eigenvalue weighted by Crippen LogP contribution is -2.47. The maximum Gasteiger partial charge on any atom is 0.352 e. The van der Waals surface area contributed by atoms with Crippen LogP contribution >= 0.6 is 0 Å². The zero-order chi connectivity index (χ0) is 31.3. The van der Waals surface area contributed by atoms with E-state index in [0.29, 0.717) is 17.0 Å². The standard InChI is InChI=1S/C33H41N5O5/c1-21-9-7-8-10-27(21)37-15-17-38(18-16-37)28-13-12-24(20-26(28)36-31(40)29-14-11-23(3)42-29)30(39)35-22(2)19-25(34)32(41)43-33(4,5)6/h7-14,20,22,34H,15-19H2,1-6H3,(H,35,39)(H,36,40)/t22-/m1/s1. The number of piperazine rings is 1. The molecule has 10 heteroatoms. The second-order valence-corrected chi connectivity index (χ2v) is 11.9. The highest BCUT2D eigenvalue weighted by Gasteiger charge is 2.25. The largest absolute Gasteiger partial charge is 0.456 e. The molecule has 1 atom stereocenters. The number of carbonyl (C=O) groups is 3. The van der Waals surface area contributed by atoms with E-state index in [1.165, 1.54) is 11.3 Å². The van der Waals surface area contributed by atoms with Gasteiger partial charge < -0.3 is 29.6 Å². The lowest BCUT2D eigenvalue weighted by molar-refractivity contribution is -0.146. The van der Waals surface area contributed by atoms with Gasteiger partial charge >= 0.3 is 5.97 Å². The summed E-state index contributed by atoms with van der Waals surface area (Å²) in [6, 6.07) is 16.4. The fraction of sp³-hybridized carbons (Fsp3) is 0.394. The van der Waals surface area contributed by atoms with Gasteiger partial charge in [-0.25, -0.2) is 4.79 Å². The van der Waals surface area contributed by atoms with Gasteiger partial charge in [-0.2, -0.15) is 0 Å². The molecule has 0 radical (unpaired) electrons. The number of carbonyl (C=O) groups excluding carboxylic acids is 3. The lowest BCUT2D eigenvalue weighted by Gasteiger charge is -2.38. The molecule has 1 aliphatic rings. The van der Waals surface area contributed by atoms with Crippen LogP contribution in [-0.2, 0) is 9.53 Å². The maximum atomic E-state index is 13.2. The number of nitrogens with one attached hydrogen (secondary N) is 3. The van der Waals surface area contributed by atoms with Gasteiger partial charge in [0.2, 0.25) is 0 Å². The minimum Gasteiger partial charge on any atom is -0.456 e. The summed E-state index contributed by atoms with van der Waals surface area (Å²) in [6.45, 7) is 13.9. The van der Waals surface area contributed by atoms with Crippen LogP contribution in [0.5, 0.6) is 0 Å². The normalized spacial score (nSPS) is 14.2. The minimum atomic E-state index is -0.710. The first kappa shape index (κ1) is 31.3. The van der Waals surface area contributed by atoms with E-state index in [-0.39, 0.29) is 23.8 Å². The highest BCUT2D eigenvalue weighted by Crippen LogP contribution is 2.30. The molecule has 1 aromatic heterocycles. The second-order valence-electron chi connectivity index (χ2n) is 11.9. The zero-order valence-electron chi connectivity index (χ0n) is 25.7. The maximum absolute atomic E-state index is 13.2. The molecule has 0 bridgehead atoms. The summed E-state index contributed by atoms with van der Waals surface area (Å²) < 4.78 is 10.8. The second kappa shape index (κ2) is 13.1. The first-order valence-corrected chi connectivity index (χ1v) is 14.5. The number of benzene rings is 2. The van der Waals surface area contributed by atoms with Crippen molar-refractivity contribution in [3.05, 3.63) is 77.2 Å². The topological polar surface area (TPSA) is 128 Å². The first-order valence-electron chi connectivity index (χ1n) is 14.5. The van der Waals surface area contributed by atoms with E-state index in [4.69, 9.17) is 14.6 Å². The van der Waals surface area contributed by atoms with Crippen LogP contribution in [0.2, 0.25) is 0 Å². The van der Waals surface area contributed by atoms with Gasteiger partial charge in [0.25, 0.3) is 11.8 Å². The summed E-state index contributed by atoms with van der Waals surface area (Å²) in [6.07, 6.45) is 0.0192. The molecule has 10 nitrogen and oxygen atoms in total. The first-order chi connectivity index (χ1) is 20.3. The van der Waals surface area contributed by atoms with Crippen molar-refractivity contribution >= 4 is 40.6 Å². The van der Waals surface area contributed by atoms with Gasteiger partial charge in [0.1, 0.15) is 17.1 Å². The zero-order valence-corrected chi connectivity index (χ0v) is 25.7. The van der Waals surface area contributed by atoms with Crippen LogP contribution in [0.15, 0.2) is 59.0 Å². The monoisotopic (exact) mass is 587 g/mol. The Morgan fingerprint density at radius 1 is 0.930 bits per heavy atom. The number of hydrogen-bond acceptors (Lipinski definition) is 8. The Bertz CT molecular complexity index is 1500. The number of anilines is 3. The Morgan fingerprint density at radius 3 is 2.19 bits per heavy atom. The van der Waals surface area contributed by atoms with Gasteiger partial charge in [0.05, 0.1) is 11.4 Å². The molecule has 3 N–H and O–H groups in total. The van der Waals surface area contributed by atoms with Crippen LogP contribution in [-0.4, -0.2) is 61.3 Å². The molecule has 2 aromatic carbocycles. The van der Waals surface area contributed by atoms with Gasteiger partial charge in [0, 0.05) is 49.9 Å². The van der Waals surface area contributed by atoms with Crippen LogP contribution in [0.4, 0.5) is 17.1 Å². The van der Waals surface area contributed by atoms with E-state index in [2.05, 4.69) is 39.5 Å². The molecule has 1 fully saturated rings. The number of para-hydroxylation sites is 1. The van der Waals surface area contributed by atoms with Crippen LogP contribution < -0.4 is 20.4 Å². The number of rotatable bonds is 9. The van der Waals surface area contributed by atoms with E-state index >= 15 is 0 Å². The summed E-state index contributed by atoms with van der Waals surface area (Å²) in [7, 11) is 0. The molecule has 0 saturated carbocycles. The summed E-state index contributed by atoms with van der Waals surface area (Å²) >= 11 is 0. The van der Waals surface area contributed by atoms with Crippen molar-refractivity contribution in [3.63, 3.8) is 0 Å². The smallest absolute Gasteiger partial charge is 0.352 e. The van der Waals surface area contributed by atoms with Crippen molar-refractivity contribution in [3.8, 4) is 0 Å². The number of furan rings is 1. The molecule has 4 rings (SSSR count). The molecule has 1 saturated heterocycles. The Hall–Kier alpha value is -4.60. The molecule has 2 heterocycles. The van der Waals surface area contributed by atoms with E-state index in [0.717, 1.165) is 31.9 Å². The van der Waals surface area contributed by atoms with Crippen LogP contribution in [0.25, 0.3) is 0 Å². The summed E-state index contributed by atoms with van der Waals surface area (Å²) in [5.41, 5.74) is 3.14. The molecule has 0 unspecified atom stereocenters. The summed E-state index contributed by atoms with van der Waals surface area (Å²) in [5, 5.41) is 13.9. The molecule has 228 valence electrons.